The smallest absolute Gasteiger partial charge is 0.335 e. The van der Waals surface area contributed by atoms with Crippen molar-refractivity contribution in [3.8, 4) is 0 Å². The maximum Gasteiger partial charge on any atom is 0.335 e. The van der Waals surface area contributed by atoms with Gasteiger partial charge in [-0.15, -0.1) is 0 Å². The molecule has 26 heavy (non-hydrogen) atoms. The summed E-state index contributed by atoms with van der Waals surface area (Å²) in [6.07, 6.45) is 1.33. The molecule has 8 heteroatoms. The molecule has 0 spiro atoms. The van der Waals surface area contributed by atoms with Crippen LogP contribution in [0.2, 0.25) is 0 Å². The maximum atomic E-state index is 10.7. The minimum Gasteiger partial charge on any atom is -0.478 e. The van der Waals surface area contributed by atoms with Crippen molar-refractivity contribution in [2.24, 2.45) is 0 Å². The second-order valence-corrected chi connectivity index (χ2v) is 5.42. The zero-order valence-electron chi connectivity index (χ0n) is 13.3. The Morgan fingerprint density at radius 2 is 1.00 bits per heavy atom. The quantitative estimate of drug-likeness (QED) is 0.650. The Morgan fingerprint density at radius 3 is 1.27 bits per heavy atom. The van der Waals surface area contributed by atoms with Gasteiger partial charge in [0.05, 0.1) is 22.3 Å². The number of fused-ring (bicyclic) bond motifs is 1. The molecular formula is C18H14O8. The molecule has 1 aliphatic rings. The van der Waals surface area contributed by atoms with Crippen molar-refractivity contribution in [2.75, 3.05) is 0 Å². The third kappa shape index (κ3) is 3.86. The normalized spacial score (nSPS) is 11.2. The zero-order valence-corrected chi connectivity index (χ0v) is 13.3. The van der Waals surface area contributed by atoms with Gasteiger partial charge in [-0.05, 0) is 54.3 Å². The van der Waals surface area contributed by atoms with Gasteiger partial charge in [-0.25, -0.2) is 19.2 Å². The predicted octanol–water partition coefficient (Wildman–Crippen LogP) is 2.26. The van der Waals surface area contributed by atoms with E-state index in [0.29, 0.717) is 24.0 Å². The highest BCUT2D eigenvalue weighted by molar-refractivity contribution is 5.96. The number of carboxylic acid groups (broad SMARTS) is 4. The Kier molecular flexibility index (Phi) is 5.36. The molecular weight excluding hydrogens is 344 g/mol. The van der Waals surface area contributed by atoms with Crippen LogP contribution in [0.4, 0.5) is 0 Å². The van der Waals surface area contributed by atoms with E-state index in [1.165, 1.54) is 30.3 Å². The van der Waals surface area contributed by atoms with Gasteiger partial charge in [-0.2, -0.15) is 0 Å². The first-order chi connectivity index (χ1) is 12.2. The van der Waals surface area contributed by atoms with Crippen molar-refractivity contribution in [3.63, 3.8) is 0 Å². The summed E-state index contributed by atoms with van der Waals surface area (Å²) < 4.78 is 0. The Morgan fingerprint density at radius 1 is 0.615 bits per heavy atom. The number of rotatable bonds is 4. The van der Waals surface area contributed by atoms with Crippen LogP contribution in [-0.4, -0.2) is 44.3 Å². The van der Waals surface area contributed by atoms with Crippen LogP contribution in [-0.2, 0) is 12.8 Å². The van der Waals surface area contributed by atoms with Crippen LogP contribution >= 0.6 is 0 Å². The molecule has 0 heterocycles. The number of carboxylic acids is 4. The number of hydrogen-bond acceptors (Lipinski definition) is 4. The third-order valence-corrected chi connectivity index (χ3v) is 3.87. The van der Waals surface area contributed by atoms with E-state index in [1.54, 1.807) is 0 Å². The molecule has 0 amide bonds. The van der Waals surface area contributed by atoms with Crippen LogP contribution in [0.15, 0.2) is 36.4 Å². The van der Waals surface area contributed by atoms with Crippen molar-refractivity contribution in [1.29, 1.82) is 0 Å². The van der Waals surface area contributed by atoms with Gasteiger partial charge in [-0.1, -0.05) is 6.07 Å². The molecule has 0 atom stereocenters. The first-order valence-corrected chi connectivity index (χ1v) is 7.40. The van der Waals surface area contributed by atoms with Crippen molar-refractivity contribution >= 4 is 23.9 Å². The van der Waals surface area contributed by atoms with Gasteiger partial charge >= 0.3 is 23.9 Å². The molecule has 8 nitrogen and oxygen atoms in total. The lowest BCUT2D eigenvalue weighted by atomic mass is 9.81. The molecule has 1 aliphatic carbocycles. The molecule has 4 N–H and O–H groups in total. The van der Waals surface area contributed by atoms with Crippen LogP contribution in [0.25, 0.3) is 0 Å². The van der Waals surface area contributed by atoms with Crippen LogP contribution in [0.5, 0.6) is 0 Å². The first-order valence-electron chi connectivity index (χ1n) is 7.40. The topological polar surface area (TPSA) is 149 Å². The summed E-state index contributed by atoms with van der Waals surface area (Å²) in [5.41, 5.74) is 1.78. The molecule has 0 radical (unpaired) electrons. The fourth-order valence-electron chi connectivity index (χ4n) is 2.52. The standard InChI is InChI=1S/C10H8O4.C8H6O4/c11-9(12)7-3-4-8(10(13)14)6-2-1-5(6)7;9-7(10)5-2-1-3-6(4-5)8(11)12/h3-4H,1-2H2,(H,11,12)(H,13,14);1-4H,(H,9,10)(H,11,12). The maximum absolute atomic E-state index is 10.7. The Balaban J connectivity index is 0.000000190. The van der Waals surface area contributed by atoms with E-state index in [4.69, 9.17) is 20.4 Å². The highest BCUT2D eigenvalue weighted by Crippen LogP contribution is 2.30. The minimum absolute atomic E-state index is 0.0186. The Labute approximate surface area is 147 Å². The Hall–Kier alpha value is -3.68. The summed E-state index contributed by atoms with van der Waals surface area (Å²) in [4.78, 5) is 42.2. The van der Waals surface area contributed by atoms with Crippen molar-refractivity contribution in [2.45, 2.75) is 12.8 Å². The van der Waals surface area contributed by atoms with Crippen LogP contribution in [0.3, 0.4) is 0 Å². The molecule has 2 aromatic rings. The van der Waals surface area contributed by atoms with Crippen LogP contribution in [0.1, 0.15) is 52.6 Å². The molecule has 0 aliphatic heterocycles. The molecule has 0 bridgehead atoms. The number of aromatic carboxylic acids is 4. The zero-order chi connectivity index (χ0) is 19.4. The molecule has 0 saturated carbocycles. The molecule has 0 saturated heterocycles. The van der Waals surface area contributed by atoms with Gasteiger partial charge in [-0.3, -0.25) is 0 Å². The molecule has 134 valence electrons. The van der Waals surface area contributed by atoms with Gasteiger partial charge in [0.25, 0.3) is 0 Å². The second-order valence-electron chi connectivity index (χ2n) is 5.42. The fourth-order valence-corrected chi connectivity index (χ4v) is 2.52. The van der Waals surface area contributed by atoms with Gasteiger partial charge in [0.15, 0.2) is 0 Å². The summed E-state index contributed by atoms with van der Waals surface area (Å²) >= 11 is 0. The van der Waals surface area contributed by atoms with Crippen LogP contribution in [0, 0.1) is 0 Å². The molecule has 0 fully saturated rings. The predicted molar refractivity (Wildman–Crippen MR) is 88.1 cm³/mol. The lowest BCUT2D eigenvalue weighted by Crippen LogP contribution is -2.19. The summed E-state index contributed by atoms with van der Waals surface area (Å²) in [5, 5.41) is 34.6. The average Bonchev–Trinajstić information content (AvgIpc) is 2.55. The van der Waals surface area contributed by atoms with Gasteiger partial charge < -0.3 is 20.4 Å². The molecule has 2 aromatic carbocycles. The van der Waals surface area contributed by atoms with Crippen molar-refractivity contribution in [1.82, 2.24) is 0 Å². The molecule has 0 unspecified atom stereocenters. The van der Waals surface area contributed by atoms with E-state index in [1.807, 2.05) is 0 Å². The summed E-state index contributed by atoms with van der Waals surface area (Å²) in [5.74, 6) is -4.23. The monoisotopic (exact) mass is 358 g/mol. The lowest BCUT2D eigenvalue weighted by Gasteiger charge is -2.22. The molecule has 0 aromatic heterocycles. The summed E-state index contributed by atoms with van der Waals surface area (Å²) in [6.45, 7) is 0. The van der Waals surface area contributed by atoms with Crippen LogP contribution < -0.4 is 0 Å². The molecule has 3 rings (SSSR count). The highest BCUT2D eigenvalue weighted by Gasteiger charge is 2.26. The largest absolute Gasteiger partial charge is 0.478 e. The summed E-state index contributed by atoms with van der Waals surface area (Å²) in [7, 11) is 0. The third-order valence-electron chi connectivity index (χ3n) is 3.87. The first kappa shape index (κ1) is 18.7. The Bertz CT molecular complexity index is 843. The van der Waals surface area contributed by atoms with E-state index >= 15 is 0 Å². The second kappa shape index (κ2) is 7.47. The number of hydrogen-bond donors (Lipinski definition) is 4. The van der Waals surface area contributed by atoms with E-state index < -0.39 is 23.9 Å². The van der Waals surface area contributed by atoms with E-state index in [9.17, 15) is 19.2 Å². The average molecular weight is 358 g/mol. The van der Waals surface area contributed by atoms with Gasteiger partial charge in [0, 0.05) is 0 Å². The number of benzene rings is 2. The summed E-state index contributed by atoms with van der Waals surface area (Å²) in [6, 6.07) is 7.93. The van der Waals surface area contributed by atoms with Gasteiger partial charge in [0.2, 0.25) is 0 Å². The van der Waals surface area contributed by atoms with Crippen molar-refractivity contribution < 1.29 is 39.6 Å². The SMILES string of the molecule is O=C(O)c1ccc(C(=O)O)c2c1CC2.O=C(O)c1cccc(C(=O)O)c1. The van der Waals surface area contributed by atoms with E-state index in [-0.39, 0.29) is 22.3 Å². The lowest BCUT2D eigenvalue weighted by molar-refractivity contribution is 0.0677. The van der Waals surface area contributed by atoms with Crippen molar-refractivity contribution in [3.05, 3.63) is 69.8 Å². The highest BCUT2D eigenvalue weighted by atomic mass is 16.4. The fraction of sp³-hybridized carbons (Fsp3) is 0.111. The van der Waals surface area contributed by atoms with Gasteiger partial charge in [0.1, 0.15) is 0 Å². The van der Waals surface area contributed by atoms with E-state index in [2.05, 4.69) is 0 Å². The number of carbonyl (C=O) groups is 4. The minimum atomic E-state index is -1.13. The van der Waals surface area contributed by atoms with E-state index in [0.717, 1.165) is 6.07 Å².